The highest BCUT2D eigenvalue weighted by atomic mass is 32.2. The topological polar surface area (TPSA) is 9.23 Å². The summed E-state index contributed by atoms with van der Waals surface area (Å²) >= 11 is 1.84. The Hall–Kier alpha value is -2.71. The van der Waals surface area contributed by atoms with Crippen LogP contribution in [-0.2, 0) is 5.41 Å². The molecule has 2 heteroatoms. The number of hydrogen-bond acceptors (Lipinski definition) is 2. The first-order valence-corrected chi connectivity index (χ1v) is 15.7. The number of hydrogen-bond donors (Lipinski definition) is 0. The van der Waals surface area contributed by atoms with Gasteiger partial charge in [0.15, 0.2) is 0 Å². The van der Waals surface area contributed by atoms with E-state index in [0.29, 0.717) is 11.3 Å². The third kappa shape index (κ3) is 4.40. The van der Waals surface area contributed by atoms with Crippen molar-refractivity contribution < 1.29 is 4.74 Å². The molecule has 0 aliphatic heterocycles. The number of methoxy groups -OCH3 is 1. The van der Waals surface area contributed by atoms with Crippen molar-refractivity contribution in [2.24, 2.45) is 11.3 Å². The van der Waals surface area contributed by atoms with E-state index in [0.717, 1.165) is 12.2 Å². The number of thioether (sulfide) groups is 1. The highest BCUT2D eigenvalue weighted by molar-refractivity contribution is 8.03. The average molecular weight is 535 g/mol. The average Bonchev–Trinajstić information content (AvgIpc) is 3.24. The first-order chi connectivity index (χ1) is 18.9. The summed E-state index contributed by atoms with van der Waals surface area (Å²) in [5, 5.41) is 2.63. The van der Waals surface area contributed by atoms with E-state index in [2.05, 4.69) is 101 Å². The van der Waals surface area contributed by atoms with Crippen molar-refractivity contribution >= 4 is 22.5 Å². The molecule has 3 aromatic carbocycles. The van der Waals surface area contributed by atoms with Crippen LogP contribution < -0.4 is 4.74 Å². The molecule has 1 unspecified atom stereocenters. The zero-order valence-electron chi connectivity index (χ0n) is 24.3. The molecule has 0 amide bonds. The number of fused-ring (bicyclic) bond motifs is 7. The molecule has 3 aliphatic carbocycles. The fourth-order valence-corrected chi connectivity index (χ4v) is 8.50. The molecule has 0 bridgehead atoms. The molecule has 0 saturated heterocycles. The Morgan fingerprint density at radius 2 is 1.69 bits per heavy atom. The second kappa shape index (κ2) is 10.4. The number of ether oxygens (including phenoxy) is 1. The van der Waals surface area contributed by atoms with Crippen LogP contribution in [0.1, 0.15) is 83.8 Å². The van der Waals surface area contributed by atoms with Gasteiger partial charge in [-0.15, -0.1) is 0 Å². The van der Waals surface area contributed by atoms with Gasteiger partial charge in [-0.1, -0.05) is 106 Å². The van der Waals surface area contributed by atoms with Gasteiger partial charge < -0.3 is 4.74 Å². The molecule has 3 aliphatic rings. The van der Waals surface area contributed by atoms with E-state index in [9.17, 15) is 0 Å². The van der Waals surface area contributed by atoms with Gasteiger partial charge in [-0.2, -0.15) is 0 Å². The third-order valence-corrected chi connectivity index (χ3v) is 11.5. The van der Waals surface area contributed by atoms with Gasteiger partial charge in [0.05, 0.1) is 12.0 Å². The van der Waals surface area contributed by atoms with E-state index in [1.165, 1.54) is 75.8 Å². The van der Waals surface area contributed by atoms with E-state index >= 15 is 0 Å². The van der Waals surface area contributed by atoms with Crippen LogP contribution in [0, 0.1) is 11.3 Å². The van der Waals surface area contributed by atoms with Crippen LogP contribution in [0.25, 0.3) is 21.9 Å². The van der Waals surface area contributed by atoms with E-state index in [1.54, 1.807) is 18.2 Å². The monoisotopic (exact) mass is 534 g/mol. The van der Waals surface area contributed by atoms with Crippen molar-refractivity contribution in [2.75, 3.05) is 7.11 Å². The highest BCUT2D eigenvalue weighted by Crippen LogP contribution is 2.61. The van der Waals surface area contributed by atoms with E-state index in [4.69, 9.17) is 4.74 Å². The maximum absolute atomic E-state index is 5.96. The molecule has 6 rings (SSSR count). The van der Waals surface area contributed by atoms with Gasteiger partial charge in [-0.3, -0.25) is 0 Å². The summed E-state index contributed by atoms with van der Waals surface area (Å²) in [5.41, 5.74) is 7.98. The van der Waals surface area contributed by atoms with Crippen molar-refractivity contribution in [3.8, 4) is 16.9 Å². The van der Waals surface area contributed by atoms with Crippen molar-refractivity contribution in [1.29, 1.82) is 0 Å². The Morgan fingerprint density at radius 3 is 2.44 bits per heavy atom. The van der Waals surface area contributed by atoms with E-state index in [-0.39, 0.29) is 5.41 Å². The first kappa shape index (κ1) is 26.5. The summed E-state index contributed by atoms with van der Waals surface area (Å²) in [5.74, 6) is 1.53. The molecule has 3 aromatic rings. The Bertz CT molecular complexity index is 1490. The number of benzene rings is 3. The van der Waals surface area contributed by atoms with E-state index < -0.39 is 0 Å². The predicted octanol–water partition coefficient (Wildman–Crippen LogP) is 11.0. The molecule has 0 radical (unpaired) electrons. The van der Waals surface area contributed by atoms with Gasteiger partial charge >= 0.3 is 0 Å². The lowest BCUT2D eigenvalue weighted by molar-refractivity contribution is 0.133. The first-order valence-electron chi connectivity index (χ1n) is 14.9. The fourth-order valence-electron chi connectivity index (χ4n) is 7.45. The molecular formula is C37H42OS. The van der Waals surface area contributed by atoms with Crippen LogP contribution in [0.2, 0.25) is 0 Å². The molecule has 1 nitrogen and oxygen atoms in total. The van der Waals surface area contributed by atoms with Crippen LogP contribution in [0.15, 0.2) is 88.2 Å². The van der Waals surface area contributed by atoms with Crippen LogP contribution >= 0.6 is 11.8 Å². The standard InChI is InChI=1S/C37H42OS/c1-6-36(7-2)19-21-37(22-20-36)30-13-9-8-12-28(30)35-29-24-34(32(38-5)23-27(29)17-18-31(35)37)39-33-14-10-11-25(3)15-16-26(33)4/h8-10,12-18,23-25H,6-7,11,19-22H2,1-5H3/b14-10?,16-15-,33-26?. The Morgan fingerprint density at radius 1 is 0.923 bits per heavy atom. The fraction of sp³-hybridized carbons (Fsp3) is 0.405. The minimum atomic E-state index is 0.143. The van der Waals surface area contributed by atoms with Crippen LogP contribution in [0.5, 0.6) is 5.75 Å². The summed E-state index contributed by atoms with van der Waals surface area (Å²) < 4.78 is 5.96. The molecule has 1 spiro atoms. The lowest BCUT2D eigenvalue weighted by Crippen LogP contribution is -2.36. The van der Waals surface area contributed by atoms with E-state index in [1.807, 2.05) is 11.8 Å². The lowest BCUT2D eigenvalue weighted by Gasteiger charge is -2.45. The molecule has 1 atom stereocenters. The van der Waals surface area contributed by atoms with Gasteiger partial charge in [0.2, 0.25) is 0 Å². The van der Waals surface area contributed by atoms with Gasteiger partial charge in [-0.05, 0) is 101 Å². The van der Waals surface area contributed by atoms with Crippen molar-refractivity contribution in [3.05, 3.63) is 94.4 Å². The van der Waals surface area contributed by atoms with Crippen molar-refractivity contribution in [3.63, 3.8) is 0 Å². The zero-order chi connectivity index (χ0) is 27.2. The maximum Gasteiger partial charge on any atom is 0.133 e. The second-order valence-electron chi connectivity index (χ2n) is 12.2. The van der Waals surface area contributed by atoms with Gasteiger partial charge in [-0.25, -0.2) is 0 Å². The van der Waals surface area contributed by atoms with Crippen molar-refractivity contribution in [1.82, 2.24) is 0 Å². The van der Waals surface area contributed by atoms with Crippen molar-refractivity contribution in [2.45, 2.75) is 83.0 Å². The SMILES string of the molecule is CCC1(CC)CCC2(CC1)c1ccccc1-c1c2ccc2cc(OC)c(SC3=C(C)/C=C\C(C)CC=C3)cc12. The molecule has 39 heavy (non-hydrogen) atoms. The molecule has 0 aromatic heterocycles. The Kier molecular flexibility index (Phi) is 7.04. The van der Waals surface area contributed by atoms with Crippen LogP contribution in [-0.4, -0.2) is 7.11 Å². The second-order valence-corrected chi connectivity index (χ2v) is 13.3. The van der Waals surface area contributed by atoms with Crippen LogP contribution in [0.3, 0.4) is 0 Å². The smallest absolute Gasteiger partial charge is 0.133 e. The normalized spacial score (nSPS) is 21.9. The zero-order valence-corrected chi connectivity index (χ0v) is 25.1. The maximum atomic E-state index is 5.96. The van der Waals surface area contributed by atoms with Gasteiger partial charge in [0.25, 0.3) is 0 Å². The molecule has 1 fully saturated rings. The predicted molar refractivity (Wildman–Crippen MR) is 169 cm³/mol. The number of allylic oxidation sites excluding steroid dienone is 5. The largest absolute Gasteiger partial charge is 0.496 e. The third-order valence-electron chi connectivity index (χ3n) is 10.3. The summed E-state index contributed by atoms with van der Waals surface area (Å²) in [7, 11) is 1.80. The minimum absolute atomic E-state index is 0.143. The Labute approximate surface area is 239 Å². The summed E-state index contributed by atoms with van der Waals surface area (Å²) in [6, 6.07) is 18.7. The number of rotatable bonds is 5. The van der Waals surface area contributed by atoms with Gasteiger partial charge in [0, 0.05) is 10.3 Å². The lowest BCUT2D eigenvalue weighted by atomic mass is 9.58. The quantitative estimate of drug-likeness (QED) is 0.322. The summed E-state index contributed by atoms with van der Waals surface area (Å²) in [6.07, 6.45) is 18.1. The van der Waals surface area contributed by atoms with Gasteiger partial charge in [0.1, 0.15) is 5.75 Å². The molecule has 0 heterocycles. The molecule has 202 valence electrons. The van der Waals surface area contributed by atoms with Crippen LogP contribution in [0.4, 0.5) is 0 Å². The molecular weight excluding hydrogens is 492 g/mol. The Balaban J connectivity index is 1.50. The summed E-state index contributed by atoms with van der Waals surface area (Å²) in [4.78, 5) is 2.49. The summed E-state index contributed by atoms with van der Waals surface area (Å²) in [6.45, 7) is 9.30. The highest BCUT2D eigenvalue weighted by Gasteiger charge is 2.48. The minimum Gasteiger partial charge on any atom is -0.496 e. The molecule has 0 N–H and O–H groups in total. The molecule has 1 saturated carbocycles.